The number of hydrogen-bond donors (Lipinski definition) is 0. The van der Waals surface area contributed by atoms with E-state index in [1.807, 2.05) is 219 Å². The Morgan fingerprint density at radius 3 is 1.19 bits per heavy atom. The third kappa shape index (κ3) is 11.5. The second-order valence-electron chi connectivity index (χ2n) is 31.6. The molecule has 0 radical (unpaired) electrons. The standard InChI is InChI=1S/C55H39N7.C49H27N7O2/c1-54(2)43-20-19-38-42-29-46(59-31-45(42)55(3,4)48(38)47(43)40-21-24-56-30-44(40)54)36-25-35(41-28-34-17-11-22-57-49(34)50-39(41)18-12-23-58-50)26-37(27-36)53-61-51(32-13-7-5-8-14-32)60-52(62-53)33-15-9-6-10-16-33;1-3-10-28(11-4-1)47-54-48(29-12-5-2-6-13-29)56-49(55-47)33-23-31(35-25-30-14-7-19-50-43(30)46-34(35)15-8-20-52-46)22-32(24-33)38-17-18-40-45(53-38)37-27-41-36(26-42(37)58-40)44-39(57-41)16-9-21-51-44/h5-31H,1-4H3;1-27H. The van der Waals surface area contributed by atoms with Gasteiger partial charge in [0, 0.05) is 126 Å². The molecular weight excluding hydrogens is 1480 g/mol. The molecule has 12 aromatic heterocycles. The molecule has 0 fully saturated rings. The average Bonchev–Trinajstić information content (AvgIpc) is 1.53. The van der Waals surface area contributed by atoms with E-state index in [9.17, 15) is 0 Å². The first-order valence-corrected chi connectivity index (χ1v) is 39.9. The van der Waals surface area contributed by atoms with Gasteiger partial charge in [-0.3, -0.25) is 34.9 Å². The zero-order chi connectivity index (χ0) is 79.9. The van der Waals surface area contributed by atoms with Crippen LogP contribution in [0.3, 0.4) is 0 Å². The molecule has 0 aliphatic heterocycles. The quantitative estimate of drug-likeness (QED) is 0.117. The van der Waals surface area contributed by atoms with Crippen molar-refractivity contribution in [2.24, 2.45) is 0 Å². The highest BCUT2D eigenvalue weighted by Gasteiger charge is 2.45. The van der Waals surface area contributed by atoms with E-state index in [0.717, 1.165) is 155 Å². The van der Waals surface area contributed by atoms with Crippen LogP contribution < -0.4 is 0 Å². The molecule has 22 aromatic rings. The third-order valence-electron chi connectivity index (χ3n) is 23.7. The van der Waals surface area contributed by atoms with E-state index in [2.05, 4.69) is 141 Å². The Balaban J connectivity index is 0.000000140. The van der Waals surface area contributed by atoms with E-state index in [1.54, 1.807) is 6.20 Å². The highest BCUT2D eigenvalue weighted by molar-refractivity contribution is 6.15. The average molecular weight is 1540 g/mol. The SMILES string of the molecule is CC1(C)c2cnccc2-c2c1ccc1c2C(C)(C)c2cnc(-c3cc(-c4nc(-c5ccccc5)nc(-c5ccccc5)n4)cc(-c4cc5cccnc5c5ncccc45)c3)cc2-1.c1ccc(-c2nc(-c3ccccc3)nc(-c3cc(-c4ccc5oc6cc7c(cc6c5n4)oc4cccnc47)cc(-c4cc5cccnc5c5ncccc45)c3)n2)cc1. The lowest BCUT2D eigenvalue weighted by atomic mass is 9.77. The van der Waals surface area contributed by atoms with Gasteiger partial charge in [-0.25, -0.2) is 34.9 Å². The van der Waals surface area contributed by atoms with Gasteiger partial charge in [0.25, 0.3) is 0 Å². The fourth-order valence-corrected chi connectivity index (χ4v) is 17.9. The summed E-state index contributed by atoms with van der Waals surface area (Å²) in [5, 5.41) is 5.75. The summed E-state index contributed by atoms with van der Waals surface area (Å²) in [7, 11) is 0. The first-order valence-electron chi connectivity index (χ1n) is 39.9. The summed E-state index contributed by atoms with van der Waals surface area (Å²) in [5.74, 6) is 3.49. The number of furan rings is 2. The molecule has 2 aliphatic rings. The lowest BCUT2D eigenvalue weighted by Gasteiger charge is -2.26. The number of fused-ring (bicyclic) bond motifs is 19. The summed E-state index contributed by atoms with van der Waals surface area (Å²) in [6.07, 6.45) is 15.1. The molecule has 16 nitrogen and oxygen atoms in total. The molecule has 16 heteroatoms. The Morgan fingerprint density at radius 1 is 0.233 bits per heavy atom. The van der Waals surface area contributed by atoms with E-state index in [0.29, 0.717) is 46.1 Å². The van der Waals surface area contributed by atoms with Crippen molar-refractivity contribution in [1.82, 2.24) is 69.8 Å². The molecule has 2 aliphatic carbocycles. The predicted molar refractivity (Wildman–Crippen MR) is 476 cm³/mol. The number of pyridine rings is 8. The van der Waals surface area contributed by atoms with Gasteiger partial charge in [0.05, 0.1) is 44.2 Å². The maximum Gasteiger partial charge on any atom is 0.164 e. The highest BCUT2D eigenvalue weighted by Crippen LogP contribution is 2.59. The highest BCUT2D eigenvalue weighted by atomic mass is 16.3. The lowest BCUT2D eigenvalue weighted by Crippen LogP contribution is -2.18. The van der Waals surface area contributed by atoms with Gasteiger partial charge >= 0.3 is 0 Å². The van der Waals surface area contributed by atoms with Crippen molar-refractivity contribution in [3.05, 3.63) is 351 Å². The van der Waals surface area contributed by atoms with Gasteiger partial charge in [-0.2, -0.15) is 0 Å². The van der Waals surface area contributed by atoms with Gasteiger partial charge in [-0.1, -0.05) is 185 Å². The van der Waals surface area contributed by atoms with Crippen molar-refractivity contribution in [3.63, 3.8) is 0 Å². The second kappa shape index (κ2) is 27.4. The summed E-state index contributed by atoms with van der Waals surface area (Å²) >= 11 is 0. The number of hydrogen-bond acceptors (Lipinski definition) is 16. The maximum absolute atomic E-state index is 6.38. The Labute approximate surface area is 686 Å². The number of rotatable bonds is 10. The van der Waals surface area contributed by atoms with Gasteiger partial charge in [-0.15, -0.1) is 0 Å². The minimum atomic E-state index is -0.271. The topological polar surface area (TPSA) is 207 Å². The van der Waals surface area contributed by atoms with Crippen molar-refractivity contribution in [3.8, 4) is 135 Å². The zero-order valence-corrected chi connectivity index (χ0v) is 65.3. The summed E-state index contributed by atoms with van der Waals surface area (Å²) < 4.78 is 12.6. The molecule has 0 saturated heterocycles. The van der Waals surface area contributed by atoms with Gasteiger partial charge in [-0.05, 0) is 188 Å². The van der Waals surface area contributed by atoms with Crippen molar-refractivity contribution in [2.45, 2.75) is 38.5 Å². The van der Waals surface area contributed by atoms with E-state index >= 15 is 0 Å². The summed E-state index contributed by atoms with van der Waals surface area (Å²) in [6.45, 7) is 9.31. The normalized spacial score (nSPS) is 13.0. The molecule has 0 amide bonds. The zero-order valence-electron chi connectivity index (χ0n) is 65.3. The van der Waals surface area contributed by atoms with Crippen molar-refractivity contribution in [2.75, 3.05) is 0 Å². The molecule has 12 heterocycles. The fourth-order valence-electron chi connectivity index (χ4n) is 17.9. The molecule has 0 bridgehead atoms. The first kappa shape index (κ1) is 69.6. The number of nitrogens with zero attached hydrogens (tertiary/aromatic N) is 14. The molecule has 564 valence electrons. The van der Waals surface area contributed by atoms with Crippen LogP contribution in [0.15, 0.2) is 337 Å². The van der Waals surface area contributed by atoms with Gasteiger partial charge in [0.15, 0.2) is 46.1 Å². The molecule has 24 rings (SSSR count). The van der Waals surface area contributed by atoms with Crippen molar-refractivity contribution in [1.29, 1.82) is 0 Å². The monoisotopic (exact) mass is 1540 g/mol. The molecular formula is C104H66N14O2. The Kier molecular flexibility index (Phi) is 15.9. The van der Waals surface area contributed by atoms with Crippen LogP contribution in [0, 0.1) is 0 Å². The minimum Gasteiger partial charge on any atom is -0.454 e. The van der Waals surface area contributed by atoms with Crippen molar-refractivity contribution >= 4 is 87.7 Å². The van der Waals surface area contributed by atoms with Crippen LogP contribution in [0.5, 0.6) is 0 Å². The molecule has 10 aromatic carbocycles. The van der Waals surface area contributed by atoms with Crippen LogP contribution in [-0.4, -0.2) is 69.8 Å². The van der Waals surface area contributed by atoms with E-state index in [1.165, 1.54) is 44.5 Å². The summed E-state index contributed by atoms with van der Waals surface area (Å²) in [6, 6.07) is 94.8. The molecule has 0 saturated carbocycles. The third-order valence-corrected chi connectivity index (χ3v) is 23.7. The fraction of sp³-hybridized carbons (Fsp3) is 0.0577. The first-order chi connectivity index (χ1) is 58.9. The van der Waals surface area contributed by atoms with Gasteiger partial charge < -0.3 is 8.83 Å². The van der Waals surface area contributed by atoms with E-state index in [4.69, 9.17) is 68.6 Å². The Morgan fingerprint density at radius 2 is 0.667 bits per heavy atom. The van der Waals surface area contributed by atoms with Crippen LogP contribution in [0.25, 0.3) is 223 Å². The predicted octanol–water partition coefficient (Wildman–Crippen LogP) is 24.6. The van der Waals surface area contributed by atoms with E-state index < -0.39 is 0 Å². The molecule has 0 spiro atoms. The number of benzene rings is 10. The molecule has 120 heavy (non-hydrogen) atoms. The van der Waals surface area contributed by atoms with Crippen LogP contribution in [0.2, 0.25) is 0 Å². The van der Waals surface area contributed by atoms with Crippen LogP contribution in [-0.2, 0) is 10.8 Å². The minimum absolute atomic E-state index is 0.145. The Hall–Kier alpha value is -15.9. The van der Waals surface area contributed by atoms with Crippen molar-refractivity contribution < 1.29 is 8.83 Å². The molecule has 0 unspecified atom stereocenters. The number of aromatic nitrogens is 14. The van der Waals surface area contributed by atoms with Gasteiger partial charge in [0.2, 0.25) is 0 Å². The summed E-state index contributed by atoms with van der Waals surface area (Å²) in [5.41, 5.74) is 30.4. The summed E-state index contributed by atoms with van der Waals surface area (Å²) in [4.78, 5) is 69.4. The smallest absolute Gasteiger partial charge is 0.164 e. The lowest BCUT2D eigenvalue weighted by molar-refractivity contribution is 0.645. The maximum atomic E-state index is 6.38. The Bertz CT molecular complexity index is 7880. The second-order valence-corrected chi connectivity index (χ2v) is 31.6. The largest absolute Gasteiger partial charge is 0.454 e. The van der Waals surface area contributed by atoms with Crippen LogP contribution >= 0.6 is 0 Å². The van der Waals surface area contributed by atoms with Crippen LogP contribution in [0.1, 0.15) is 49.9 Å². The van der Waals surface area contributed by atoms with Crippen LogP contribution in [0.4, 0.5) is 0 Å². The van der Waals surface area contributed by atoms with E-state index in [-0.39, 0.29) is 10.8 Å². The molecule has 0 N–H and O–H groups in total. The molecule has 0 atom stereocenters. The van der Waals surface area contributed by atoms with Gasteiger partial charge in [0.1, 0.15) is 22.2 Å².